The fraction of sp³-hybridized carbons (Fsp3) is 0.846. The molecule has 16 heavy (non-hydrogen) atoms. The van der Waals surface area contributed by atoms with E-state index in [1.54, 1.807) is 0 Å². The third-order valence-electron chi connectivity index (χ3n) is 3.61. The van der Waals surface area contributed by atoms with Gasteiger partial charge in [0.05, 0.1) is 6.61 Å². The Morgan fingerprint density at radius 2 is 2.25 bits per heavy atom. The van der Waals surface area contributed by atoms with Crippen molar-refractivity contribution in [2.24, 2.45) is 5.41 Å². The van der Waals surface area contributed by atoms with Gasteiger partial charge in [0.1, 0.15) is 5.78 Å². The van der Waals surface area contributed by atoms with Gasteiger partial charge < -0.3 is 4.74 Å². The third-order valence-corrected chi connectivity index (χ3v) is 3.61. The fourth-order valence-corrected chi connectivity index (χ4v) is 2.68. The van der Waals surface area contributed by atoms with Crippen LogP contribution in [-0.4, -0.2) is 18.9 Å². The largest absolute Gasteiger partial charge is 0.468 e. The van der Waals surface area contributed by atoms with Crippen LogP contribution in [0.15, 0.2) is 0 Å². The summed E-state index contributed by atoms with van der Waals surface area (Å²) in [5.74, 6) is 0.383. The first-order valence-electron chi connectivity index (χ1n) is 6.29. The smallest absolute Gasteiger partial charge is 0.293 e. The van der Waals surface area contributed by atoms with Crippen molar-refractivity contribution < 1.29 is 14.3 Å². The zero-order valence-electron chi connectivity index (χ0n) is 10.2. The van der Waals surface area contributed by atoms with Gasteiger partial charge in [-0.2, -0.15) is 0 Å². The Morgan fingerprint density at radius 3 is 2.88 bits per heavy atom. The highest BCUT2D eigenvalue weighted by atomic mass is 16.5. The minimum absolute atomic E-state index is 0.119. The van der Waals surface area contributed by atoms with Gasteiger partial charge in [-0.1, -0.05) is 19.8 Å². The molecule has 1 fully saturated rings. The molecular formula is C13H22O3. The van der Waals surface area contributed by atoms with E-state index in [0.717, 1.165) is 44.9 Å². The second-order valence-electron chi connectivity index (χ2n) is 4.89. The molecule has 0 N–H and O–H groups in total. The molecule has 0 aromatic heterocycles. The summed E-state index contributed by atoms with van der Waals surface area (Å²) < 4.78 is 4.78. The van der Waals surface area contributed by atoms with Gasteiger partial charge in [-0.3, -0.25) is 9.59 Å². The normalized spacial score (nSPS) is 25.4. The van der Waals surface area contributed by atoms with Gasteiger partial charge in [0.2, 0.25) is 0 Å². The van der Waals surface area contributed by atoms with E-state index in [4.69, 9.17) is 4.74 Å². The van der Waals surface area contributed by atoms with Crippen molar-refractivity contribution in [3.05, 3.63) is 0 Å². The van der Waals surface area contributed by atoms with Crippen molar-refractivity contribution in [3.63, 3.8) is 0 Å². The topological polar surface area (TPSA) is 43.4 Å². The number of hydrogen-bond donors (Lipinski definition) is 0. The molecule has 1 atom stereocenters. The van der Waals surface area contributed by atoms with Crippen LogP contribution in [0, 0.1) is 5.41 Å². The lowest BCUT2D eigenvalue weighted by Gasteiger charge is -2.36. The van der Waals surface area contributed by atoms with Crippen LogP contribution in [0.3, 0.4) is 0 Å². The lowest BCUT2D eigenvalue weighted by Crippen LogP contribution is -2.30. The first-order chi connectivity index (χ1) is 7.72. The van der Waals surface area contributed by atoms with Crippen LogP contribution in [0.1, 0.15) is 58.3 Å². The molecule has 0 saturated heterocycles. The molecule has 0 spiro atoms. The Kier molecular flexibility index (Phi) is 5.50. The lowest BCUT2D eigenvalue weighted by atomic mass is 9.68. The number of unbranched alkanes of at least 4 members (excludes halogenated alkanes) is 1. The molecule has 92 valence electrons. The first-order valence-corrected chi connectivity index (χ1v) is 6.29. The summed E-state index contributed by atoms with van der Waals surface area (Å²) in [4.78, 5) is 21.7. The van der Waals surface area contributed by atoms with Crippen LogP contribution in [0.4, 0.5) is 0 Å². The van der Waals surface area contributed by atoms with E-state index in [0.29, 0.717) is 25.3 Å². The highest BCUT2D eigenvalue weighted by Crippen LogP contribution is 2.42. The van der Waals surface area contributed by atoms with Gasteiger partial charge in [-0.05, 0) is 31.1 Å². The maximum Gasteiger partial charge on any atom is 0.293 e. The van der Waals surface area contributed by atoms with Crippen molar-refractivity contribution >= 4 is 12.3 Å². The van der Waals surface area contributed by atoms with E-state index in [1.807, 2.05) is 0 Å². The molecule has 3 heteroatoms. The number of carbonyl (C=O) groups excluding carboxylic acids is 2. The van der Waals surface area contributed by atoms with E-state index in [-0.39, 0.29) is 5.41 Å². The molecule has 0 aliphatic heterocycles. The van der Waals surface area contributed by atoms with Crippen LogP contribution in [0.5, 0.6) is 0 Å². The maximum atomic E-state index is 11.6. The summed E-state index contributed by atoms with van der Waals surface area (Å²) in [6.45, 7) is 3.12. The summed E-state index contributed by atoms with van der Waals surface area (Å²) in [5, 5.41) is 0. The lowest BCUT2D eigenvalue weighted by molar-refractivity contribution is -0.130. The van der Waals surface area contributed by atoms with E-state index in [9.17, 15) is 9.59 Å². The van der Waals surface area contributed by atoms with E-state index < -0.39 is 0 Å². The molecule has 1 rings (SSSR count). The van der Waals surface area contributed by atoms with E-state index in [2.05, 4.69) is 6.92 Å². The number of Topliss-reactive ketones (excluding diaryl/α,β-unsaturated/α-hetero) is 1. The quantitative estimate of drug-likeness (QED) is 0.495. The second kappa shape index (κ2) is 6.66. The molecular weight excluding hydrogens is 204 g/mol. The van der Waals surface area contributed by atoms with Crippen molar-refractivity contribution in [2.75, 3.05) is 6.61 Å². The second-order valence-corrected chi connectivity index (χ2v) is 4.89. The number of carbonyl (C=O) groups is 2. The molecule has 3 nitrogen and oxygen atoms in total. The molecule has 0 aromatic carbocycles. The van der Waals surface area contributed by atoms with Crippen LogP contribution < -0.4 is 0 Å². The number of hydrogen-bond acceptors (Lipinski definition) is 3. The maximum absolute atomic E-state index is 11.6. The highest BCUT2D eigenvalue weighted by Gasteiger charge is 2.34. The summed E-state index contributed by atoms with van der Waals surface area (Å²) in [6.07, 6.45) is 7.80. The van der Waals surface area contributed by atoms with Crippen LogP contribution >= 0.6 is 0 Å². The minimum Gasteiger partial charge on any atom is -0.468 e. The predicted molar refractivity (Wildman–Crippen MR) is 62.1 cm³/mol. The van der Waals surface area contributed by atoms with Crippen LogP contribution in [0.25, 0.3) is 0 Å². The molecule has 0 heterocycles. The van der Waals surface area contributed by atoms with Crippen molar-refractivity contribution in [1.82, 2.24) is 0 Å². The Morgan fingerprint density at radius 1 is 1.44 bits per heavy atom. The Balaban J connectivity index is 2.51. The first kappa shape index (κ1) is 13.2. The standard InChI is InChI=1S/C13H22O3/c1-2-3-6-13(8-9-16-11-14)7-4-5-12(15)10-13/h11H,2-10H2,1H3. The zero-order chi connectivity index (χ0) is 11.9. The monoisotopic (exact) mass is 226 g/mol. The Bertz CT molecular complexity index is 237. The average Bonchev–Trinajstić information content (AvgIpc) is 2.27. The summed E-state index contributed by atoms with van der Waals surface area (Å²) in [5.41, 5.74) is 0.119. The van der Waals surface area contributed by atoms with E-state index >= 15 is 0 Å². The SMILES string of the molecule is CCCCC1(CCOC=O)CCCC(=O)C1. The van der Waals surface area contributed by atoms with Crippen molar-refractivity contribution in [1.29, 1.82) is 0 Å². The number of ether oxygens (including phenoxy) is 1. The molecule has 1 unspecified atom stereocenters. The van der Waals surface area contributed by atoms with Gasteiger partial charge in [0.15, 0.2) is 0 Å². The zero-order valence-corrected chi connectivity index (χ0v) is 10.2. The van der Waals surface area contributed by atoms with Gasteiger partial charge >= 0.3 is 0 Å². The molecule has 1 saturated carbocycles. The van der Waals surface area contributed by atoms with Crippen LogP contribution in [-0.2, 0) is 14.3 Å². The minimum atomic E-state index is 0.119. The van der Waals surface area contributed by atoms with E-state index in [1.165, 1.54) is 0 Å². The fourth-order valence-electron chi connectivity index (χ4n) is 2.68. The molecule has 0 aromatic rings. The van der Waals surface area contributed by atoms with Gasteiger partial charge in [-0.25, -0.2) is 0 Å². The molecule has 1 aliphatic rings. The number of rotatable bonds is 7. The Hall–Kier alpha value is -0.860. The van der Waals surface area contributed by atoms with Crippen molar-refractivity contribution in [3.8, 4) is 0 Å². The number of ketones is 1. The van der Waals surface area contributed by atoms with Crippen molar-refractivity contribution in [2.45, 2.75) is 58.3 Å². The highest BCUT2D eigenvalue weighted by molar-refractivity contribution is 5.79. The molecule has 0 radical (unpaired) electrons. The third kappa shape index (κ3) is 3.95. The predicted octanol–water partition coefficient (Wildman–Crippen LogP) is 2.87. The average molecular weight is 226 g/mol. The molecule has 0 bridgehead atoms. The Labute approximate surface area is 97.5 Å². The van der Waals surface area contributed by atoms with Gasteiger partial charge in [0, 0.05) is 12.8 Å². The summed E-state index contributed by atoms with van der Waals surface area (Å²) in [7, 11) is 0. The molecule has 0 amide bonds. The summed E-state index contributed by atoms with van der Waals surface area (Å²) >= 11 is 0. The van der Waals surface area contributed by atoms with Gasteiger partial charge in [0.25, 0.3) is 6.47 Å². The molecule has 1 aliphatic carbocycles. The van der Waals surface area contributed by atoms with Crippen LogP contribution in [0.2, 0.25) is 0 Å². The van der Waals surface area contributed by atoms with Gasteiger partial charge in [-0.15, -0.1) is 0 Å². The summed E-state index contributed by atoms with van der Waals surface area (Å²) in [6, 6.07) is 0.